The molecule has 3 aromatic rings. The molecular formula is C28H28F5N5O2. The normalized spacial score (nSPS) is 17.4. The van der Waals surface area contributed by atoms with Crippen LogP contribution in [0.3, 0.4) is 0 Å². The first-order valence-corrected chi connectivity index (χ1v) is 12.8. The molecule has 2 amide bonds. The number of aromatic nitrogens is 2. The van der Waals surface area contributed by atoms with E-state index in [-0.39, 0.29) is 42.9 Å². The molecular weight excluding hydrogens is 533 g/mol. The first kappa shape index (κ1) is 27.6. The van der Waals surface area contributed by atoms with Gasteiger partial charge in [0.2, 0.25) is 5.91 Å². The van der Waals surface area contributed by atoms with E-state index in [1.165, 1.54) is 16.8 Å². The summed E-state index contributed by atoms with van der Waals surface area (Å²) in [7, 11) is 0. The summed E-state index contributed by atoms with van der Waals surface area (Å²) in [6.45, 7) is 6.31. The molecule has 12 heteroatoms. The molecule has 0 saturated carbocycles. The second-order valence-electron chi connectivity index (χ2n) is 11.1. The van der Waals surface area contributed by atoms with E-state index in [1.54, 1.807) is 23.1 Å². The molecule has 2 aliphatic heterocycles. The van der Waals surface area contributed by atoms with Crippen molar-refractivity contribution in [3.05, 3.63) is 77.1 Å². The van der Waals surface area contributed by atoms with Crippen molar-refractivity contribution in [2.75, 3.05) is 24.7 Å². The Balaban J connectivity index is 1.40. The van der Waals surface area contributed by atoms with Crippen LogP contribution in [0.25, 0.3) is 5.69 Å². The summed E-state index contributed by atoms with van der Waals surface area (Å²) in [5.74, 6) is -2.38. The molecule has 0 bridgehead atoms. The summed E-state index contributed by atoms with van der Waals surface area (Å²) in [4.78, 5) is 29.9. The number of hydrogen-bond acceptors (Lipinski definition) is 4. The number of alkyl halides is 3. The Morgan fingerprint density at radius 3 is 2.15 bits per heavy atom. The Labute approximate surface area is 227 Å². The molecule has 0 radical (unpaired) electrons. The lowest BCUT2D eigenvalue weighted by atomic mass is 9.85. The zero-order valence-corrected chi connectivity index (χ0v) is 22.1. The van der Waals surface area contributed by atoms with Gasteiger partial charge in [0.15, 0.2) is 5.69 Å². The first-order valence-electron chi connectivity index (χ1n) is 12.8. The van der Waals surface area contributed by atoms with Crippen LogP contribution in [-0.4, -0.2) is 51.8 Å². The minimum absolute atomic E-state index is 0.0599. The van der Waals surface area contributed by atoms with Gasteiger partial charge >= 0.3 is 6.18 Å². The van der Waals surface area contributed by atoms with Crippen LogP contribution >= 0.6 is 0 Å². The van der Waals surface area contributed by atoms with Crippen molar-refractivity contribution in [2.24, 2.45) is 0 Å². The number of nitrogens with zero attached hydrogens (tertiary/aromatic N) is 4. The molecule has 0 aliphatic carbocycles. The summed E-state index contributed by atoms with van der Waals surface area (Å²) in [5, 5.41) is 7.24. The van der Waals surface area contributed by atoms with Gasteiger partial charge in [-0.2, -0.15) is 18.3 Å². The van der Waals surface area contributed by atoms with Crippen LogP contribution in [0.4, 0.5) is 27.6 Å². The van der Waals surface area contributed by atoms with Crippen LogP contribution in [-0.2, 0) is 16.4 Å². The third kappa shape index (κ3) is 4.79. The van der Waals surface area contributed by atoms with Crippen LogP contribution in [0.2, 0.25) is 0 Å². The van der Waals surface area contributed by atoms with Crippen molar-refractivity contribution in [1.82, 2.24) is 20.0 Å². The van der Waals surface area contributed by atoms with Crippen LogP contribution in [0.5, 0.6) is 0 Å². The number of carbonyl (C=O) groups excluding carboxylic acids is 2. The van der Waals surface area contributed by atoms with Crippen LogP contribution in [0, 0.1) is 11.6 Å². The van der Waals surface area contributed by atoms with Crippen molar-refractivity contribution in [3.8, 4) is 5.69 Å². The summed E-state index contributed by atoms with van der Waals surface area (Å²) in [5.41, 5.74) is -1.52. The highest BCUT2D eigenvalue weighted by Gasteiger charge is 2.51. The fraction of sp³-hybridized carbons (Fsp3) is 0.393. The van der Waals surface area contributed by atoms with Crippen molar-refractivity contribution >= 4 is 17.5 Å². The highest BCUT2D eigenvalue weighted by atomic mass is 19.4. The van der Waals surface area contributed by atoms with Crippen molar-refractivity contribution in [2.45, 2.75) is 50.7 Å². The van der Waals surface area contributed by atoms with Gasteiger partial charge in [-0.15, -0.1) is 0 Å². The zero-order valence-electron chi connectivity index (χ0n) is 22.1. The molecule has 1 aromatic heterocycles. The van der Waals surface area contributed by atoms with Gasteiger partial charge in [0.25, 0.3) is 5.91 Å². The summed E-state index contributed by atoms with van der Waals surface area (Å²) >= 11 is 0. The molecule has 212 valence electrons. The first-order chi connectivity index (χ1) is 18.7. The third-order valence-electron chi connectivity index (χ3n) is 7.55. The van der Waals surface area contributed by atoms with E-state index in [1.807, 2.05) is 25.7 Å². The average molecular weight is 562 g/mol. The van der Waals surface area contributed by atoms with E-state index in [0.717, 1.165) is 12.1 Å². The molecule has 1 spiro atoms. The Morgan fingerprint density at radius 1 is 0.950 bits per heavy atom. The summed E-state index contributed by atoms with van der Waals surface area (Å²) in [6.07, 6.45) is -4.17. The van der Waals surface area contributed by atoms with Crippen molar-refractivity contribution < 1.29 is 31.5 Å². The number of anilines is 1. The number of rotatable bonds is 3. The van der Waals surface area contributed by atoms with Gasteiger partial charge in [0.05, 0.1) is 23.6 Å². The van der Waals surface area contributed by atoms with E-state index in [0.29, 0.717) is 30.3 Å². The van der Waals surface area contributed by atoms with E-state index in [9.17, 15) is 31.5 Å². The minimum Gasteiger partial charge on any atom is -0.339 e. The van der Waals surface area contributed by atoms with E-state index < -0.39 is 34.4 Å². The highest BCUT2D eigenvalue weighted by molar-refractivity contribution is 5.95. The van der Waals surface area contributed by atoms with Gasteiger partial charge in [-0.25, -0.2) is 13.5 Å². The predicted octanol–water partition coefficient (Wildman–Crippen LogP) is 5.04. The number of benzene rings is 2. The molecule has 0 unspecified atom stereocenters. The van der Waals surface area contributed by atoms with E-state index >= 15 is 0 Å². The SMILES string of the molecule is CC(C)(C)c1cc(C(=O)N2CCC3(CC2)C(=O)NCN3c2ccc(F)cc2)nn1-c1ccc(C(F)(F)F)c(F)c1. The predicted molar refractivity (Wildman–Crippen MR) is 137 cm³/mol. The monoisotopic (exact) mass is 561 g/mol. The lowest BCUT2D eigenvalue weighted by Crippen LogP contribution is -2.57. The smallest absolute Gasteiger partial charge is 0.339 e. The topological polar surface area (TPSA) is 70.5 Å². The molecule has 2 saturated heterocycles. The zero-order chi connectivity index (χ0) is 29.0. The third-order valence-corrected chi connectivity index (χ3v) is 7.55. The molecule has 2 aromatic carbocycles. The Kier molecular flexibility index (Phi) is 6.62. The fourth-order valence-corrected chi connectivity index (χ4v) is 5.37. The summed E-state index contributed by atoms with van der Waals surface area (Å²) in [6, 6.07) is 9.98. The van der Waals surface area contributed by atoms with Gasteiger partial charge in [0.1, 0.15) is 17.2 Å². The van der Waals surface area contributed by atoms with Gasteiger partial charge in [-0.05, 0) is 55.3 Å². The molecule has 3 heterocycles. The lowest BCUT2D eigenvalue weighted by molar-refractivity contribution is -0.140. The Bertz CT molecular complexity index is 1450. The number of piperidine rings is 1. The standard InChI is InChI=1S/C28H28F5N5O2/c1-26(2,3)23-15-22(35-38(23)19-8-9-20(21(30)14-19)28(31,32)33)24(39)36-12-10-27(11-13-36)25(40)34-16-37(27)18-6-4-17(29)5-7-18/h4-9,14-15H,10-13,16H2,1-3H3,(H,34,40). The molecule has 7 nitrogen and oxygen atoms in total. The van der Waals surface area contributed by atoms with Crippen molar-refractivity contribution in [3.63, 3.8) is 0 Å². The van der Waals surface area contributed by atoms with Gasteiger partial charge in [0, 0.05) is 30.3 Å². The fourth-order valence-electron chi connectivity index (χ4n) is 5.37. The maximum Gasteiger partial charge on any atom is 0.419 e. The minimum atomic E-state index is -4.84. The number of carbonyl (C=O) groups is 2. The Hall–Kier alpha value is -3.96. The number of likely N-dealkylation sites (tertiary alicyclic amines) is 1. The highest BCUT2D eigenvalue weighted by Crippen LogP contribution is 2.37. The van der Waals surface area contributed by atoms with E-state index in [4.69, 9.17) is 0 Å². The van der Waals surface area contributed by atoms with Crippen LogP contribution in [0.15, 0.2) is 48.5 Å². The molecule has 40 heavy (non-hydrogen) atoms. The molecule has 0 atom stereocenters. The lowest BCUT2D eigenvalue weighted by Gasteiger charge is -2.43. The van der Waals surface area contributed by atoms with E-state index in [2.05, 4.69) is 10.4 Å². The number of halogens is 5. The number of amides is 2. The number of hydrogen-bond donors (Lipinski definition) is 1. The summed E-state index contributed by atoms with van der Waals surface area (Å²) < 4.78 is 68.4. The van der Waals surface area contributed by atoms with Gasteiger partial charge in [-0.3, -0.25) is 9.59 Å². The second kappa shape index (κ2) is 9.60. The van der Waals surface area contributed by atoms with Crippen LogP contribution in [0.1, 0.15) is 55.4 Å². The average Bonchev–Trinajstić information content (AvgIpc) is 3.47. The maximum absolute atomic E-state index is 14.4. The van der Waals surface area contributed by atoms with Crippen molar-refractivity contribution in [1.29, 1.82) is 0 Å². The largest absolute Gasteiger partial charge is 0.419 e. The van der Waals surface area contributed by atoms with Gasteiger partial charge < -0.3 is 15.1 Å². The Morgan fingerprint density at radius 2 is 1.57 bits per heavy atom. The number of nitrogens with one attached hydrogen (secondary N) is 1. The second-order valence-corrected chi connectivity index (χ2v) is 11.1. The van der Waals surface area contributed by atoms with Crippen LogP contribution < -0.4 is 10.2 Å². The maximum atomic E-state index is 14.4. The molecule has 5 rings (SSSR count). The molecule has 1 N–H and O–H groups in total. The molecule has 2 aliphatic rings. The molecule has 2 fully saturated rings. The quantitative estimate of drug-likeness (QED) is 0.456. The van der Waals surface area contributed by atoms with Gasteiger partial charge in [-0.1, -0.05) is 20.8 Å².